The standard InChI is InChI=1S/C11H23NO2/c1-4-9-7-12(6-5-10(9)13)8-11(2,3)14/h9-10,13-14H,4-8H2,1-3H3. The number of likely N-dealkylation sites (tertiary alicyclic amines) is 1. The van der Waals surface area contributed by atoms with Crippen LogP contribution in [0.5, 0.6) is 0 Å². The quantitative estimate of drug-likeness (QED) is 0.711. The lowest BCUT2D eigenvalue weighted by molar-refractivity contribution is -0.0174. The van der Waals surface area contributed by atoms with Gasteiger partial charge in [-0.25, -0.2) is 0 Å². The van der Waals surface area contributed by atoms with E-state index in [0.29, 0.717) is 12.5 Å². The molecule has 1 rings (SSSR count). The predicted molar refractivity (Wildman–Crippen MR) is 57.1 cm³/mol. The normalized spacial score (nSPS) is 30.6. The second-order valence-electron chi connectivity index (χ2n) is 5.07. The van der Waals surface area contributed by atoms with Gasteiger partial charge in [0.2, 0.25) is 0 Å². The Bertz CT molecular complexity index is 177. The third-order valence-corrected chi connectivity index (χ3v) is 2.91. The van der Waals surface area contributed by atoms with E-state index in [1.807, 2.05) is 13.8 Å². The van der Waals surface area contributed by atoms with Gasteiger partial charge in [-0.2, -0.15) is 0 Å². The molecule has 84 valence electrons. The van der Waals surface area contributed by atoms with Crippen LogP contribution in [-0.4, -0.2) is 46.5 Å². The highest BCUT2D eigenvalue weighted by Crippen LogP contribution is 2.21. The zero-order valence-corrected chi connectivity index (χ0v) is 9.53. The van der Waals surface area contributed by atoms with Crippen LogP contribution in [0.25, 0.3) is 0 Å². The summed E-state index contributed by atoms with van der Waals surface area (Å²) in [7, 11) is 0. The summed E-state index contributed by atoms with van der Waals surface area (Å²) < 4.78 is 0. The number of nitrogens with zero attached hydrogens (tertiary/aromatic N) is 1. The lowest BCUT2D eigenvalue weighted by atomic mass is 9.91. The van der Waals surface area contributed by atoms with Crippen molar-refractivity contribution in [1.29, 1.82) is 0 Å². The second kappa shape index (κ2) is 4.60. The minimum Gasteiger partial charge on any atom is -0.393 e. The van der Waals surface area contributed by atoms with Crippen LogP contribution in [0.4, 0.5) is 0 Å². The first-order valence-corrected chi connectivity index (χ1v) is 5.55. The van der Waals surface area contributed by atoms with Crippen LogP contribution in [0, 0.1) is 5.92 Å². The molecule has 0 saturated carbocycles. The molecule has 14 heavy (non-hydrogen) atoms. The molecular weight excluding hydrogens is 178 g/mol. The Labute approximate surface area is 86.7 Å². The number of aliphatic hydroxyl groups is 2. The van der Waals surface area contributed by atoms with Crippen LogP contribution in [0.2, 0.25) is 0 Å². The summed E-state index contributed by atoms with van der Waals surface area (Å²) in [6.07, 6.45) is 1.72. The Morgan fingerprint density at radius 2 is 2.07 bits per heavy atom. The molecule has 2 atom stereocenters. The molecule has 1 saturated heterocycles. The molecule has 1 fully saturated rings. The fourth-order valence-electron chi connectivity index (χ4n) is 2.19. The van der Waals surface area contributed by atoms with E-state index in [1.165, 1.54) is 0 Å². The van der Waals surface area contributed by atoms with Crippen molar-refractivity contribution in [3.63, 3.8) is 0 Å². The fraction of sp³-hybridized carbons (Fsp3) is 1.00. The van der Waals surface area contributed by atoms with Crippen LogP contribution in [0.3, 0.4) is 0 Å². The minimum atomic E-state index is -0.624. The highest BCUT2D eigenvalue weighted by atomic mass is 16.3. The van der Waals surface area contributed by atoms with E-state index in [4.69, 9.17) is 0 Å². The summed E-state index contributed by atoms with van der Waals surface area (Å²) in [6, 6.07) is 0. The van der Waals surface area contributed by atoms with E-state index >= 15 is 0 Å². The molecule has 1 heterocycles. The van der Waals surface area contributed by atoms with Gasteiger partial charge in [0.05, 0.1) is 11.7 Å². The molecule has 0 radical (unpaired) electrons. The minimum absolute atomic E-state index is 0.141. The van der Waals surface area contributed by atoms with Crippen LogP contribution < -0.4 is 0 Å². The molecule has 1 aliphatic heterocycles. The van der Waals surface area contributed by atoms with Crippen LogP contribution >= 0.6 is 0 Å². The molecule has 2 unspecified atom stereocenters. The molecule has 0 aromatic rings. The first-order chi connectivity index (χ1) is 6.42. The van der Waals surface area contributed by atoms with Gasteiger partial charge in [0.25, 0.3) is 0 Å². The number of hydrogen-bond acceptors (Lipinski definition) is 3. The average molecular weight is 201 g/mol. The second-order valence-corrected chi connectivity index (χ2v) is 5.07. The number of hydrogen-bond donors (Lipinski definition) is 2. The summed E-state index contributed by atoms with van der Waals surface area (Å²) in [6.45, 7) is 8.30. The van der Waals surface area contributed by atoms with Gasteiger partial charge in [-0.05, 0) is 32.6 Å². The van der Waals surface area contributed by atoms with E-state index < -0.39 is 5.60 Å². The van der Waals surface area contributed by atoms with E-state index in [1.54, 1.807) is 0 Å². The Morgan fingerprint density at radius 1 is 1.43 bits per heavy atom. The zero-order chi connectivity index (χ0) is 10.8. The summed E-state index contributed by atoms with van der Waals surface area (Å²) in [5.41, 5.74) is -0.624. The number of aliphatic hydroxyl groups excluding tert-OH is 1. The van der Waals surface area contributed by atoms with Crippen molar-refractivity contribution in [2.75, 3.05) is 19.6 Å². The monoisotopic (exact) mass is 201 g/mol. The summed E-state index contributed by atoms with van der Waals surface area (Å²) in [5.74, 6) is 0.381. The SMILES string of the molecule is CCC1CN(CC(C)(C)O)CCC1O. The average Bonchev–Trinajstić information content (AvgIpc) is 2.06. The van der Waals surface area contributed by atoms with Crippen LogP contribution in [0.1, 0.15) is 33.6 Å². The Kier molecular flexibility index (Phi) is 3.93. The fourth-order valence-corrected chi connectivity index (χ4v) is 2.19. The van der Waals surface area contributed by atoms with Gasteiger partial charge >= 0.3 is 0 Å². The van der Waals surface area contributed by atoms with Crippen molar-refractivity contribution in [3.8, 4) is 0 Å². The van der Waals surface area contributed by atoms with Gasteiger partial charge in [-0.3, -0.25) is 0 Å². The summed E-state index contributed by atoms with van der Waals surface area (Å²) in [4.78, 5) is 2.25. The van der Waals surface area contributed by atoms with Gasteiger partial charge < -0.3 is 15.1 Å². The summed E-state index contributed by atoms with van der Waals surface area (Å²) >= 11 is 0. The van der Waals surface area contributed by atoms with Gasteiger partial charge in [-0.15, -0.1) is 0 Å². The number of piperidine rings is 1. The predicted octanol–water partition coefficient (Wildman–Crippen LogP) is 0.850. The van der Waals surface area contributed by atoms with E-state index in [2.05, 4.69) is 11.8 Å². The Morgan fingerprint density at radius 3 is 2.57 bits per heavy atom. The molecule has 0 bridgehead atoms. The number of rotatable bonds is 3. The first kappa shape index (κ1) is 12.0. The third kappa shape index (κ3) is 3.56. The maximum absolute atomic E-state index is 9.70. The number of β-amino-alcohol motifs (C(OH)–C–C–N with tert-alkyl or cyclic N) is 1. The molecule has 0 spiro atoms. The highest BCUT2D eigenvalue weighted by Gasteiger charge is 2.28. The third-order valence-electron chi connectivity index (χ3n) is 2.91. The molecule has 0 amide bonds. The Balaban J connectivity index is 2.43. The van der Waals surface area contributed by atoms with Gasteiger partial charge in [0.1, 0.15) is 0 Å². The van der Waals surface area contributed by atoms with E-state index in [9.17, 15) is 10.2 Å². The zero-order valence-electron chi connectivity index (χ0n) is 9.53. The topological polar surface area (TPSA) is 43.7 Å². The van der Waals surface area contributed by atoms with Crippen molar-refractivity contribution in [1.82, 2.24) is 4.90 Å². The van der Waals surface area contributed by atoms with Crippen molar-refractivity contribution in [2.45, 2.75) is 45.3 Å². The molecular formula is C11H23NO2. The maximum Gasteiger partial charge on any atom is 0.0718 e. The molecule has 0 aromatic heterocycles. The van der Waals surface area contributed by atoms with Crippen LogP contribution in [0.15, 0.2) is 0 Å². The van der Waals surface area contributed by atoms with Gasteiger partial charge in [0.15, 0.2) is 0 Å². The molecule has 3 nitrogen and oxygen atoms in total. The maximum atomic E-state index is 9.70. The van der Waals surface area contributed by atoms with Gasteiger partial charge in [-0.1, -0.05) is 6.92 Å². The van der Waals surface area contributed by atoms with Crippen molar-refractivity contribution >= 4 is 0 Å². The molecule has 0 aromatic carbocycles. The Hall–Kier alpha value is -0.120. The lowest BCUT2D eigenvalue weighted by Crippen LogP contribution is -2.48. The van der Waals surface area contributed by atoms with Gasteiger partial charge in [0, 0.05) is 19.6 Å². The largest absolute Gasteiger partial charge is 0.393 e. The van der Waals surface area contributed by atoms with Crippen molar-refractivity contribution in [2.24, 2.45) is 5.92 Å². The highest BCUT2D eigenvalue weighted by molar-refractivity contribution is 4.82. The van der Waals surface area contributed by atoms with Crippen molar-refractivity contribution in [3.05, 3.63) is 0 Å². The summed E-state index contributed by atoms with van der Waals surface area (Å²) in [5, 5.41) is 19.4. The van der Waals surface area contributed by atoms with E-state index in [-0.39, 0.29) is 6.10 Å². The van der Waals surface area contributed by atoms with Crippen molar-refractivity contribution < 1.29 is 10.2 Å². The smallest absolute Gasteiger partial charge is 0.0718 e. The molecule has 2 N–H and O–H groups in total. The lowest BCUT2D eigenvalue weighted by Gasteiger charge is -2.38. The first-order valence-electron chi connectivity index (χ1n) is 5.55. The molecule has 0 aliphatic carbocycles. The molecule has 1 aliphatic rings. The molecule has 3 heteroatoms. The van der Waals surface area contributed by atoms with E-state index in [0.717, 1.165) is 25.9 Å². The van der Waals surface area contributed by atoms with Crippen LogP contribution in [-0.2, 0) is 0 Å².